The Labute approximate surface area is 176 Å². The van der Waals surface area contributed by atoms with E-state index in [9.17, 15) is 13.2 Å². The molecule has 1 aliphatic carbocycles. The molecule has 0 bridgehead atoms. The van der Waals surface area contributed by atoms with E-state index < -0.39 is 16.1 Å². The van der Waals surface area contributed by atoms with Crippen LogP contribution in [0.2, 0.25) is 5.02 Å². The van der Waals surface area contributed by atoms with Gasteiger partial charge in [-0.3, -0.25) is 9.69 Å². The number of rotatable bonds is 6. The first-order valence-corrected chi connectivity index (χ1v) is 11.6. The van der Waals surface area contributed by atoms with Crippen LogP contribution in [0.5, 0.6) is 0 Å². The van der Waals surface area contributed by atoms with Gasteiger partial charge in [0.15, 0.2) is 0 Å². The van der Waals surface area contributed by atoms with E-state index in [4.69, 9.17) is 11.6 Å². The fourth-order valence-electron chi connectivity index (χ4n) is 3.67. The number of benzene rings is 2. The number of hydrogen-bond acceptors (Lipinski definition) is 4. The molecule has 2 aliphatic rings. The average Bonchev–Trinajstić information content (AvgIpc) is 3.53. The predicted molar refractivity (Wildman–Crippen MR) is 112 cm³/mol. The van der Waals surface area contributed by atoms with Crippen LogP contribution in [-0.4, -0.2) is 55.8 Å². The van der Waals surface area contributed by atoms with Gasteiger partial charge in [-0.2, -0.15) is 4.31 Å². The lowest BCUT2D eigenvalue weighted by atomic mass is 10.0. The number of nitrogens with one attached hydrogen (secondary N) is 1. The third-order valence-corrected chi connectivity index (χ3v) is 7.78. The molecule has 0 unspecified atom stereocenters. The molecule has 154 valence electrons. The molecule has 0 aromatic heterocycles. The molecule has 1 saturated carbocycles. The number of sulfonamides is 1. The van der Waals surface area contributed by atoms with E-state index in [1.807, 2.05) is 30.3 Å². The van der Waals surface area contributed by atoms with E-state index in [1.165, 1.54) is 10.4 Å². The first-order valence-electron chi connectivity index (χ1n) is 9.81. The van der Waals surface area contributed by atoms with Crippen molar-refractivity contribution < 1.29 is 13.2 Å². The predicted octanol–water partition coefficient (Wildman–Crippen LogP) is 2.67. The molecular weight excluding hydrogens is 410 g/mol. The minimum absolute atomic E-state index is 0.0129. The smallest absolute Gasteiger partial charge is 0.244 e. The molecule has 1 saturated heterocycles. The zero-order valence-electron chi connectivity index (χ0n) is 16.0. The normalized spacial score (nSPS) is 19.6. The van der Waals surface area contributed by atoms with E-state index in [-0.39, 0.29) is 21.9 Å². The molecule has 0 spiro atoms. The Morgan fingerprint density at radius 1 is 0.966 bits per heavy atom. The summed E-state index contributed by atoms with van der Waals surface area (Å²) in [6, 6.07) is 16.0. The van der Waals surface area contributed by atoms with Gasteiger partial charge < -0.3 is 5.32 Å². The van der Waals surface area contributed by atoms with Gasteiger partial charge in [0.25, 0.3) is 0 Å². The number of halogens is 1. The minimum Gasteiger partial charge on any atom is -0.352 e. The van der Waals surface area contributed by atoms with Crippen molar-refractivity contribution in [1.82, 2.24) is 14.5 Å². The summed E-state index contributed by atoms with van der Waals surface area (Å²) in [6.07, 6.45) is 2.05. The summed E-state index contributed by atoms with van der Waals surface area (Å²) >= 11 is 6.11. The van der Waals surface area contributed by atoms with Crippen LogP contribution in [0.3, 0.4) is 0 Å². The number of amides is 1. The monoisotopic (exact) mass is 433 g/mol. The van der Waals surface area contributed by atoms with E-state index in [1.54, 1.807) is 18.2 Å². The standard InChI is InChI=1S/C21H24ClN3O3S/c22-18-8-4-5-9-19(18)29(27,28)25-14-12-24(13-15-25)20(16-6-2-1-3-7-16)21(26)23-17-10-11-17/h1-9,17,20H,10-15H2,(H,23,26)/t20-/m1/s1. The van der Waals surface area contributed by atoms with Gasteiger partial charge >= 0.3 is 0 Å². The maximum absolute atomic E-state index is 13.0. The Morgan fingerprint density at radius 2 is 1.59 bits per heavy atom. The average molecular weight is 434 g/mol. The van der Waals surface area contributed by atoms with Crippen molar-refractivity contribution >= 4 is 27.5 Å². The highest BCUT2D eigenvalue weighted by Gasteiger charge is 2.36. The highest BCUT2D eigenvalue weighted by Crippen LogP contribution is 2.29. The van der Waals surface area contributed by atoms with Crippen molar-refractivity contribution in [3.8, 4) is 0 Å². The largest absolute Gasteiger partial charge is 0.352 e. The summed E-state index contributed by atoms with van der Waals surface area (Å²) in [5.41, 5.74) is 0.924. The van der Waals surface area contributed by atoms with Gasteiger partial charge in [0, 0.05) is 32.2 Å². The molecule has 0 radical (unpaired) electrons. The molecule has 2 fully saturated rings. The second kappa shape index (κ2) is 8.44. The fourth-order valence-corrected chi connectivity index (χ4v) is 5.58. The van der Waals surface area contributed by atoms with E-state index >= 15 is 0 Å². The second-order valence-corrected chi connectivity index (χ2v) is 9.78. The molecule has 8 heteroatoms. The van der Waals surface area contributed by atoms with Gasteiger partial charge in [0.05, 0.1) is 5.02 Å². The quantitative estimate of drug-likeness (QED) is 0.760. The van der Waals surface area contributed by atoms with E-state index in [2.05, 4.69) is 10.2 Å². The molecule has 1 atom stereocenters. The van der Waals surface area contributed by atoms with Gasteiger partial charge in [0.2, 0.25) is 15.9 Å². The summed E-state index contributed by atoms with van der Waals surface area (Å²) in [6.45, 7) is 1.57. The number of hydrogen-bond donors (Lipinski definition) is 1. The number of carbonyl (C=O) groups is 1. The molecular formula is C21H24ClN3O3S. The maximum atomic E-state index is 13.0. The van der Waals surface area contributed by atoms with Gasteiger partial charge in [-0.05, 0) is 30.5 Å². The number of carbonyl (C=O) groups excluding carboxylic acids is 1. The van der Waals surface area contributed by atoms with Crippen LogP contribution in [0.1, 0.15) is 24.4 Å². The van der Waals surface area contributed by atoms with E-state index in [0.29, 0.717) is 26.2 Å². The Hall–Kier alpha value is -1.93. The maximum Gasteiger partial charge on any atom is 0.244 e. The number of piperazine rings is 1. The third kappa shape index (κ3) is 4.48. The zero-order chi connectivity index (χ0) is 20.4. The molecule has 2 aromatic rings. The Morgan fingerprint density at radius 3 is 2.21 bits per heavy atom. The van der Waals surface area contributed by atoms with Crippen molar-refractivity contribution in [2.75, 3.05) is 26.2 Å². The van der Waals surface area contributed by atoms with Crippen LogP contribution >= 0.6 is 11.6 Å². The third-order valence-electron chi connectivity index (χ3n) is 5.38. The SMILES string of the molecule is O=C(NC1CC1)[C@@H](c1ccccc1)N1CCN(S(=O)(=O)c2ccccc2Cl)CC1. The van der Waals surface area contributed by atoms with Crippen molar-refractivity contribution in [3.05, 3.63) is 65.2 Å². The first-order chi connectivity index (χ1) is 14.0. The summed E-state index contributed by atoms with van der Waals surface area (Å²) in [5.74, 6) is -0.0129. The molecule has 29 heavy (non-hydrogen) atoms. The summed E-state index contributed by atoms with van der Waals surface area (Å²) in [5, 5.41) is 3.32. The number of nitrogens with zero attached hydrogens (tertiary/aromatic N) is 2. The highest BCUT2D eigenvalue weighted by atomic mass is 35.5. The van der Waals surface area contributed by atoms with Gasteiger partial charge in [-0.25, -0.2) is 8.42 Å². The lowest BCUT2D eigenvalue weighted by Gasteiger charge is -2.38. The Balaban J connectivity index is 1.50. The molecule has 1 amide bonds. The van der Waals surface area contributed by atoms with Crippen LogP contribution in [-0.2, 0) is 14.8 Å². The van der Waals surface area contributed by atoms with Crippen LogP contribution < -0.4 is 5.32 Å². The van der Waals surface area contributed by atoms with Crippen molar-refractivity contribution in [1.29, 1.82) is 0 Å². The Kier molecular flexibility index (Phi) is 5.92. The van der Waals surface area contributed by atoms with E-state index in [0.717, 1.165) is 18.4 Å². The van der Waals surface area contributed by atoms with Crippen molar-refractivity contribution in [2.24, 2.45) is 0 Å². The van der Waals surface area contributed by atoms with Gasteiger partial charge in [-0.15, -0.1) is 0 Å². The lowest BCUT2D eigenvalue weighted by molar-refractivity contribution is -0.127. The zero-order valence-corrected chi connectivity index (χ0v) is 17.6. The first kappa shape index (κ1) is 20.3. The van der Waals surface area contributed by atoms with Gasteiger partial charge in [0.1, 0.15) is 10.9 Å². The van der Waals surface area contributed by atoms with Crippen LogP contribution in [0.15, 0.2) is 59.5 Å². The topological polar surface area (TPSA) is 69.7 Å². The fraction of sp³-hybridized carbons (Fsp3) is 0.381. The van der Waals surface area contributed by atoms with Crippen LogP contribution in [0, 0.1) is 0 Å². The van der Waals surface area contributed by atoms with Crippen molar-refractivity contribution in [3.63, 3.8) is 0 Å². The molecule has 6 nitrogen and oxygen atoms in total. The summed E-state index contributed by atoms with van der Waals surface area (Å²) in [4.78, 5) is 15.1. The summed E-state index contributed by atoms with van der Waals surface area (Å²) in [7, 11) is -3.66. The molecule has 2 aromatic carbocycles. The minimum atomic E-state index is -3.66. The molecule has 1 heterocycles. The molecule has 1 N–H and O–H groups in total. The highest BCUT2D eigenvalue weighted by molar-refractivity contribution is 7.89. The molecule has 4 rings (SSSR count). The van der Waals surface area contributed by atoms with Crippen LogP contribution in [0.4, 0.5) is 0 Å². The van der Waals surface area contributed by atoms with Crippen LogP contribution in [0.25, 0.3) is 0 Å². The Bertz CT molecular complexity index is 972. The van der Waals surface area contributed by atoms with Gasteiger partial charge in [-0.1, -0.05) is 54.1 Å². The van der Waals surface area contributed by atoms with Crippen molar-refractivity contribution in [2.45, 2.75) is 29.8 Å². The second-order valence-electron chi connectivity index (χ2n) is 7.47. The molecule has 1 aliphatic heterocycles. The lowest BCUT2D eigenvalue weighted by Crippen LogP contribution is -2.52. The summed E-state index contributed by atoms with van der Waals surface area (Å²) < 4.78 is 27.4.